The normalized spacial score (nSPS) is 24.2. The van der Waals surface area contributed by atoms with Gasteiger partial charge in [-0.2, -0.15) is 4.39 Å². The Balaban J connectivity index is 1.92. The summed E-state index contributed by atoms with van der Waals surface area (Å²) in [6, 6.07) is 2.72. The molecular weight excluding hydrogens is 234 g/mol. The van der Waals surface area contributed by atoms with Gasteiger partial charge in [-0.1, -0.05) is 38.7 Å². The molecule has 0 atom stereocenters. The molecule has 0 saturated heterocycles. The van der Waals surface area contributed by atoms with E-state index in [4.69, 9.17) is 5.11 Å². The number of phenolic OH excluding ortho intramolecular Hbond substituents is 1. The van der Waals surface area contributed by atoms with E-state index in [2.05, 4.69) is 6.92 Å². The second-order valence-corrected chi connectivity index (χ2v) is 5.54. The standard InChI is InChI=1S/C15H20F2O/c1-10-2-4-11(5-3-10)6-7-12-8-9-13(18)15(17)14(12)16/h8-11,18H,2-7H2,1H3. The molecule has 100 valence electrons. The van der Waals surface area contributed by atoms with Crippen molar-refractivity contribution in [1.29, 1.82) is 0 Å². The van der Waals surface area contributed by atoms with Gasteiger partial charge in [-0.15, -0.1) is 0 Å². The molecule has 0 aromatic heterocycles. The first-order chi connectivity index (χ1) is 8.58. The Morgan fingerprint density at radius 2 is 1.78 bits per heavy atom. The first-order valence-corrected chi connectivity index (χ1v) is 6.73. The van der Waals surface area contributed by atoms with Gasteiger partial charge < -0.3 is 5.11 Å². The molecule has 0 amide bonds. The molecule has 1 fully saturated rings. The summed E-state index contributed by atoms with van der Waals surface area (Å²) >= 11 is 0. The van der Waals surface area contributed by atoms with Crippen molar-refractivity contribution in [1.82, 2.24) is 0 Å². The van der Waals surface area contributed by atoms with Crippen LogP contribution in [0.15, 0.2) is 12.1 Å². The Kier molecular flexibility index (Phi) is 4.20. The third-order valence-corrected chi connectivity index (χ3v) is 4.10. The zero-order valence-electron chi connectivity index (χ0n) is 10.8. The minimum Gasteiger partial charge on any atom is -0.505 e. The molecule has 0 heterocycles. The van der Waals surface area contributed by atoms with Crippen molar-refractivity contribution < 1.29 is 13.9 Å². The number of benzene rings is 1. The maximum atomic E-state index is 13.5. The summed E-state index contributed by atoms with van der Waals surface area (Å²) in [6.45, 7) is 2.27. The summed E-state index contributed by atoms with van der Waals surface area (Å²) in [5.41, 5.74) is 0.379. The fraction of sp³-hybridized carbons (Fsp3) is 0.600. The van der Waals surface area contributed by atoms with Crippen molar-refractivity contribution in [3.05, 3.63) is 29.3 Å². The van der Waals surface area contributed by atoms with Crippen LogP contribution in [0, 0.1) is 23.5 Å². The van der Waals surface area contributed by atoms with Gasteiger partial charge in [-0.25, -0.2) is 4.39 Å². The third kappa shape index (κ3) is 3.01. The number of phenols is 1. The van der Waals surface area contributed by atoms with Gasteiger partial charge >= 0.3 is 0 Å². The van der Waals surface area contributed by atoms with Gasteiger partial charge in [-0.05, 0) is 36.3 Å². The van der Waals surface area contributed by atoms with Gasteiger partial charge in [0.25, 0.3) is 0 Å². The number of hydrogen-bond acceptors (Lipinski definition) is 1. The van der Waals surface area contributed by atoms with E-state index >= 15 is 0 Å². The largest absolute Gasteiger partial charge is 0.505 e. The van der Waals surface area contributed by atoms with Crippen molar-refractivity contribution in [2.75, 3.05) is 0 Å². The highest BCUT2D eigenvalue weighted by Gasteiger charge is 2.19. The molecule has 1 N–H and O–H groups in total. The molecular formula is C15H20F2O. The summed E-state index contributed by atoms with van der Waals surface area (Å²) in [7, 11) is 0. The second kappa shape index (κ2) is 5.68. The van der Waals surface area contributed by atoms with E-state index in [0.29, 0.717) is 17.9 Å². The Bertz CT molecular complexity index is 409. The molecule has 0 spiro atoms. The molecule has 0 aliphatic heterocycles. The Hall–Kier alpha value is -1.12. The van der Waals surface area contributed by atoms with Gasteiger partial charge in [0.05, 0.1) is 0 Å². The zero-order chi connectivity index (χ0) is 13.1. The number of halogens is 2. The van der Waals surface area contributed by atoms with Crippen LogP contribution in [-0.2, 0) is 6.42 Å². The molecule has 0 radical (unpaired) electrons. The van der Waals surface area contributed by atoms with E-state index in [1.165, 1.54) is 37.8 Å². The van der Waals surface area contributed by atoms with Crippen molar-refractivity contribution >= 4 is 0 Å². The van der Waals surface area contributed by atoms with Crippen LogP contribution in [0.5, 0.6) is 5.75 Å². The van der Waals surface area contributed by atoms with Crippen molar-refractivity contribution in [2.45, 2.75) is 45.4 Å². The second-order valence-electron chi connectivity index (χ2n) is 5.54. The highest BCUT2D eigenvalue weighted by Crippen LogP contribution is 2.32. The smallest absolute Gasteiger partial charge is 0.200 e. The van der Waals surface area contributed by atoms with Crippen LogP contribution in [0.25, 0.3) is 0 Å². The SMILES string of the molecule is CC1CCC(CCc2ccc(O)c(F)c2F)CC1. The van der Waals surface area contributed by atoms with E-state index in [9.17, 15) is 8.78 Å². The highest BCUT2D eigenvalue weighted by atomic mass is 19.2. The molecule has 1 aromatic rings. The van der Waals surface area contributed by atoms with E-state index in [1.807, 2.05) is 0 Å². The molecule has 1 aromatic carbocycles. The van der Waals surface area contributed by atoms with Crippen LogP contribution in [0.3, 0.4) is 0 Å². The summed E-state index contributed by atoms with van der Waals surface area (Å²) in [6.07, 6.45) is 6.36. The summed E-state index contributed by atoms with van der Waals surface area (Å²) < 4.78 is 26.7. The molecule has 3 heteroatoms. The highest BCUT2D eigenvalue weighted by molar-refractivity contribution is 5.29. The van der Waals surface area contributed by atoms with Gasteiger partial charge in [0.1, 0.15) is 0 Å². The molecule has 18 heavy (non-hydrogen) atoms. The molecule has 1 aliphatic rings. The van der Waals surface area contributed by atoms with Crippen LogP contribution in [0.2, 0.25) is 0 Å². The monoisotopic (exact) mass is 254 g/mol. The number of aromatic hydroxyl groups is 1. The number of aryl methyl sites for hydroxylation is 1. The van der Waals surface area contributed by atoms with E-state index in [1.54, 1.807) is 0 Å². The minimum atomic E-state index is -1.12. The lowest BCUT2D eigenvalue weighted by molar-refractivity contribution is 0.277. The molecule has 1 aliphatic carbocycles. The van der Waals surface area contributed by atoms with Crippen molar-refractivity contribution in [3.63, 3.8) is 0 Å². The van der Waals surface area contributed by atoms with Crippen LogP contribution >= 0.6 is 0 Å². The van der Waals surface area contributed by atoms with Gasteiger partial charge in [0.15, 0.2) is 11.6 Å². The average molecular weight is 254 g/mol. The quantitative estimate of drug-likeness (QED) is 0.846. The molecule has 1 saturated carbocycles. The fourth-order valence-corrected chi connectivity index (χ4v) is 2.75. The predicted octanol–water partition coefficient (Wildman–Crippen LogP) is 4.43. The van der Waals surface area contributed by atoms with Gasteiger partial charge in [0, 0.05) is 0 Å². The average Bonchev–Trinajstić information content (AvgIpc) is 2.37. The lowest BCUT2D eigenvalue weighted by atomic mass is 9.80. The lowest BCUT2D eigenvalue weighted by Crippen LogP contribution is -2.13. The Labute approximate surface area is 107 Å². The van der Waals surface area contributed by atoms with Crippen LogP contribution in [0.4, 0.5) is 8.78 Å². The number of hydrogen-bond donors (Lipinski definition) is 1. The first-order valence-electron chi connectivity index (χ1n) is 6.73. The van der Waals surface area contributed by atoms with Crippen LogP contribution in [-0.4, -0.2) is 5.11 Å². The lowest BCUT2D eigenvalue weighted by Gasteiger charge is -2.26. The maximum absolute atomic E-state index is 13.5. The van der Waals surface area contributed by atoms with Crippen molar-refractivity contribution in [3.8, 4) is 5.75 Å². The molecule has 2 rings (SSSR count). The van der Waals surface area contributed by atoms with E-state index < -0.39 is 17.4 Å². The van der Waals surface area contributed by atoms with E-state index in [0.717, 1.165) is 12.3 Å². The molecule has 1 nitrogen and oxygen atoms in total. The molecule has 0 bridgehead atoms. The van der Waals surface area contributed by atoms with Gasteiger partial charge in [0.2, 0.25) is 5.82 Å². The molecule has 0 unspecified atom stereocenters. The summed E-state index contributed by atoms with van der Waals surface area (Å²) in [4.78, 5) is 0. The third-order valence-electron chi connectivity index (χ3n) is 4.10. The van der Waals surface area contributed by atoms with Crippen LogP contribution < -0.4 is 0 Å². The first kappa shape index (κ1) is 13.3. The zero-order valence-corrected chi connectivity index (χ0v) is 10.8. The maximum Gasteiger partial charge on any atom is 0.200 e. The Morgan fingerprint density at radius 3 is 2.44 bits per heavy atom. The summed E-state index contributed by atoms with van der Waals surface area (Å²) in [5.74, 6) is -1.17. The number of rotatable bonds is 3. The topological polar surface area (TPSA) is 20.2 Å². The predicted molar refractivity (Wildman–Crippen MR) is 67.5 cm³/mol. The van der Waals surface area contributed by atoms with Crippen molar-refractivity contribution in [2.24, 2.45) is 11.8 Å². The summed E-state index contributed by atoms with van der Waals surface area (Å²) in [5, 5.41) is 9.06. The van der Waals surface area contributed by atoms with Gasteiger partial charge in [-0.3, -0.25) is 0 Å². The van der Waals surface area contributed by atoms with Crippen LogP contribution in [0.1, 0.15) is 44.6 Å². The Morgan fingerprint density at radius 1 is 1.11 bits per heavy atom. The minimum absolute atomic E-state index is 0.379. The fourth-order valence-electron chi connectivity index (χ4n) is 2.75. The van der Waals surface area contributed by atoms with E-state index in [-0.39, 0.29) is 0 Å².